The molecule has 0 aliphatic carbocycles. The fourth-order valence-electron chi connectivity index (χ4n) is 1.48. The number of hydrogen-bond donors (Lipinski definition) is 2. The zero-order chi connectivity index (χ0) is 12.4. The highest BCUT2D eigenvalue weighted by Crippen LogP contribution is 2.31. The smallest absolute Gasteiger partial charge is 0.353 e. The van der Waals surface area contributed by atoms with Crippen molar-refractivity contribution in [1.82, 2.24) is 10.2 Å². The monoisotopic (exact) mass is 236 g/mol. The van der Waals surface area contributed by atoms with Crippen LogP contribution in [0.15, 0.2) is 24.3 Å². The summed E-state index contributed by atoms with van der Waals surface area (Å²) in [5.74, 6) is -1.37. The normalized spacial score (nSPS) is 10.2. The maximum absolute atomic E-state index is 13.7. The van der Waals surface area contributed by atoms with E-state index in [4.69, 9.17) is 9.84 Å². The van der Waals surface area contributed by atoms with Crippen LogP contribution in [-0.2, 0) is 0 Å². The lowest BCUT2D eigenvalue weighted by atomic mass is 10.1. The molecule has 0 saturated carbocycles. The summed E-state index contributed by atoms with van der Waals surface area (Å²) >= 11 is 0. The molecule has 0 aliphatic heterocycles. The molecule has 1 heterocycles. The number of hydrogen-bond acceptors (Lipinski definition) is 3. The van der Waals surface area contributed by atoms with Gasteiger partial charge in [0.15, 0.2) is 0 Å². The van der Waals surface area contributed by atoms with Crippen LogP contribution in [0, 0.1) is 5.82 Å². The highest BCUT2D eigenvalue weighted by molar-refractivity contribution is 5.87. The van der Waals surface area contributed by atoms with E-state index in [1.807, 2.05) is 0 Å². The van der Waals surface area contributed by atoms with Crippen LogP contribution < -0.4 is 4.74 Å². The van der Waals surface area contributed by atoms with Gasteiger partial charge in [0.2, 0.25) is 0 Å². The summed E-state index contributed by atoms with van der Waals surface area (Å²) in [5.41, 5.74) is 0.224. The van der Waals surface area contributed by atoms with Crippen LogP contribution in [0.1, 0.15) is 10.5 Å². The van der Waals surface area contributed by atoms with Crippen LogP contribution in [-0.4, -0.2) is 28.4 Å². The first kappa shape index (κ1) is 11.1. The third-order valence-electron chi connectivity index (χ3n) is 2.26. The summed E-state index contributed by atoms with van der Waals surface area (Å²) < 4.78 is 18.7. The first-order valence-corrected chi connectivity index (χ1v) is 4.75. The summed E-state index contributed by atoms with van der Waals surface area (Å²) in [7, 11) is 1.41. The van der Waals surface area contributed by atoms with Crippen LogP contribution in [0.25, 0.3) is 11.3 Å². The van der Waals surface area contributed by atoms with Crippen molar-refractivity contribution >= 4 is 5.97 Å². The minimum absolute atomic E-state index is 0.106. The van der Waals surface area contributed by atoms with E-state index in [9.17, 15) is 9.18 Å². The Morgan fingerprint density at radius 2 is 2.29 bits per heavy atom. The number of aromatic nitrogens is 2. The van der Waals surface area contributed by atoms with Crippen molar-refractivity contribution in [2.75, 3.05) is 7.11 Å². The van der Waals surface area contributed by atoms with E-state index in [2.05, 4.69) is 10.2 Å². The lowest BCUT2D eigenvalue weighted by molar-refractivity contribution is 0.0690. The van der Waals surface area contributed by atoms with Crippen molar-refractivity contribution in [3.8, 4) is 17.0 Å². The molecule has 0 spiro atoms. The quantitative estimate of drug-likeness (QED) is 0.853. The Bertz CT molecular complexity index is 566. The molecule has 1 aromatic heterocycles. The van der Waals surface area contributed by atoms with Gasteiger partial charge in [0.1, 0.15) is 17.3 Å². The number of aromatic amines is 1. The highest BCUT2D eigenvalue weighted by atomic mass is 19.1. The Kier molecular flexibility index (Phi) is 2.78. The Hall–Kier alpha value is -2.37. The molecule has 0 amide bonds. The van der Waals surface area contributed by atoms with Crippen LogP contribution in [0.4, 0.5) is 4.39 Å². The van der Waals surface area contributed by atoms with Crippen LogP contribution in [0.3, 0.4) is 0 Å². The number of benzene rings is 1. The van der Waals surface area contributed by atoms with Crippen LogP contribution in [0.5, 0.6) is 5.75 Å². The minimum Gasteiger partial charge on any atom is -0.496 e. The van der Waals surface area contributed by atoms with Crippen LogP contribution in [0.2, 0.25) is 0 Å². The number of carbonyl (C=O) groups is 1. The first-order valence-electron chi connectivity index (χ1n) is 4.75. The van der Waals surface area contributed by atoms with Gasteiger partial charge >= 0.3 is 5.97 Å². The summed E-state index contributed by atoms with van der Waals surface area (Å²) in [6, 6.07) is 5.59. The van der Waals surface area contributed by atoms with Gasteiger partial charge < -0.3 is 9.84 Å². The van der Waals surface area contributed by atoms with Crippen molar-refractivity contribution in [2.24, 2.45) is 0 Å². The van der Waals surface area contributed by atoms with E-state index in [0.29, 0.717) is 5.75 Å². The van der Waals surface area contributed by atoms with Gasteiger partial charge in [0.05, 0.1) is 18.4 Å². The molecule has 0 bridgehead atoms. The molecule has 88 valence electrons. The molecule has 0 atom stereocenters. The number of H-pyrrole nitrogens is 1. The molecule has 2 aromatic rings. The number of ether oxygens (including phenoxy) is 1. The zero-order valence-corrected chi connectivity index (χ0v) is 8.90. The Balaban J connectivity index is 2.55. The largest absolute Gasteiger partial charge is 0.496 e. The van der Waals surface area contributed by atoms with Gasteiger partial charge in [-0.05, 0) is 18.2 Å². The molecule has 1 aromatic carbocycles. The van der Waals surface area contributed by atoms with Gasteiger partial charge in [-0.3, -0.25) is 5.10 Å². The van der Waals surface area contributed by atoms with Crippen LogP contribution >= 0.6 is 0 Å². The second-order valence-corrected chi connectivity index (χ2v) is 3.29. The zero-order valence-electron chi connectivity index (χ0n) is 8.90. The lowest BCUT2D eigenvalue weighted by Crippen LogP contribution is -1.95. The Morgan fingerprint density at radius 1 is 1.53 bits per heavy atom. The van der Waals surface area contributed by atoms with E-state index in [1.54, 1.807) is 6.07 Å². The molecular formula is C11H9FN2O3. The van der Waals surface area contributed by atoms with Gasteiger partial charge in [-0.25, -0.2) is 9.18 Å². The predicted molar refractivity (Wildman–Crippen MR) is 57.5 cm³/mol. The maximum Gasteiger partial charge on any atom is 0.353 e. The molecule has 6 heteroatoms. The second-order valence-electron chi connectivity index (χ2n) is 3.29. The Labute approximate surface area is 95.9 Å². The summed E-state index contributed by atoms with van der Waals surface area (Å²) in [5, 5.41) is 14.8. The molecule has 2 N–H and O–H groups in total. The van der Waals surface area contributed by atoms with Crippen molar-refractivity contribution in [3.05, 3.63) is 35.8 Å². The highest BCUT2D eigenvalue weighted by Gasteiger charge is 2.16. The number of halogens is 1. The molecule has 5 nitrogen and oxygen atoms in total. The molecular weight excluding hydrogens is 227 g/mol. The number of carboxylic acids is 1. The predicted octanol–water partition coefficient (Wildman–Crippen LogP) is 1.92. The molecule has 2 rings (SSSR count). The third kappa shape index (κ3) is 1.96. The number of aromatic carboxylic acids is 1. The van der Waals surface area contributed by atoms with Gasteiger partial charge in [-0.2, -0.15) is 5.10 Å². The minimum atomic E-state index is -1.15. The maximum atomic E-state index is 13.7. The van der Waals surface area contributed by atoms with E-state index in [1.165, 1.54) is 25.3 Å². The lowest BCUT2D eigenvalue weighted by Gasteiger charge is -2.06. The number of nitrogens with zero attached hydrogens (tertiary/aromatic N) is 1. The van der Waals surface area contributed by atoms with Gasteiger partial charge in [-0.15, -0.1) is 0 Å². The number of rotatable bonds is 3. The van der Waals surface area contributed by atoms with E-state index < -0.39 is 11.8 Å². The number of carboxylic acid groups (broad SMARTS) is 1. The van der Waals surface area contributed by atoms with E-state index in [0.717, 1.165) is 0 Å². The average Bonchev–Trinajstić information content (AvgIpc) is 2.77. The fraction of sp³-hybridized carbons (Fsp3) is 0.0909. The Morgan fingerprint density at radius 3 is 2.88 bits per heavy atom. The molecule has 0 aliphatic rings. The summed E-state index contributed by atoms with van der Waals surface area (Å²) in [6.45, 7) is 0. The standard InChI is InChI=1S/C11H9FN2O3/c1-17-9-4-2-3-6(12)10(9)7-5-8(11(15)16)14-13-7/h2-5H,1H3,(H,13,14)(H,15,16). The molecule has 0 saturated heterocycles. The van der Waals surface area contributed by atoms with Gasteiger partial charge in [-0.1, -0.05) is 6.07 Å². The van der Waals surface area contributed by atoms with Crippen molar-refractivity contribution in [2.45, 2.75) is 0 Å². The van der Waals surface area contributed by atoms with E-state index >= 15 is 0 Å². The van der Waals surface area contributed by atoms with E-state index in [-0.39, 0.29) is 17.0 Å². The molecule has 0 fully saturated rings. The third-order valence-corrected chi connectivity index (χ3v) is 2.26. The average molecular weight is 236 g/mol. The SMILES string of the molecule is COc1cccc(F)c1-c1cc(C(=O)O)[nH]n1. The molecule has 0 unspecified atom stereocenters. The van der Waals surface area contributed by atoms with Crippen molar-refractivity contribution in [3.63, 3.8) is 0 Å². The molecule has 17 heavy (non-hydrogen) atoms. The number of methoxy groups -OCH3 is 1. The first-order chi connectivity index (χ1) is 8.13. The van der Waals surface area contributed by atoms with Gasteiger partial charge in [0, 0.05) is 0 Å². The summed E-state index contributed by atoms with van der Waals surface area (Å²) in [6.07, 6.45) is 0. The topological polar surface area (TPSA) is 75.2 Å². The second kappa shape index (κ2) is 4.25. The van der Waals surface area contributed by atoms with Crippen molar-refractivity contribution in [1.29, 1.82) is 0 Å². The summed E-state index contributed by atoms with van der Waals surface area (Å²) in [4.78, 5) is 10.7. The van der Waals surface area contributed by atoms with Gasteiger partial charge in [0.25, 0.3) is 0 Å². The fourth-order valence-corrected chi connectivity index (χ4v) is 1.48. The molecule has 0 radical (unpaired) electrons. The number of nitrogens with one attached hydrogen (secondary N) is 1. The van der Waals surface area contributed by atoms with Crippen molar-refractivity contribution < 1.29 is 19.0 Å².